The number of nitrogens with zero attached hydrogens (tertiary/aromatic N) is 4. The molecule has 0 saturated carbocycles. The third-order valence-electron chi connectivity index (χ3n) is 3.98. The van der Waals surface area contributed by atoms with Gasteiger partial charge in [-0.1, -0.05) is 23.5 Å². The molecule has 0 aliphatic heterocycles. The average Bonchev–Trinajstić information content (AvgIpc) is 3.25. The molecule has 1 N–H and O–H groups in total. The fourth-order valence-corrected chi connectivity index (χ4v) is 3.59. The molecule has 4 aromatic rings. The SMILES string of the molecule is CCOc1ccc(C(=O)Nc2ccccc2-c2nn3c(C)nnc3s2)cc1. The average molecular weight is 379 g/mol. The van der Waals surface area contributed by atoms with E-state index in [1.54, 1.807) is 28.8 Å². The van der Waals surface area contributed by atoms with Crippen LogP contribution in [0.1, 0.15) is 23.1 Å². The van der Waals surface area contributed by atoms with Gasteiger partial charge >= 0.3 is 0 Å². The minimum atomic E-state index is -0.190. The van der Waals surface area contributed by atoms with Crippen LogP contribution in [-0.4, -0.2) is 32.3 Å². The van der Waals surface area contributed by atoms with Crippen LogP contribution in [0, 0.1) is 6.92 Å². The molecule has 27 heavy (non-hydrogen) atoms. The molecule has 0 fully saturated rings. The maximum atomic E-state index is 12.6. The van der Waals surface area contributed by atoms with Crippen molar-refractivity contribution in [2.75, 3.05) is 11.9 Å². The highest BCUT2D eigenvalue weighted by molar-refractivity contribution is 7.19. The van der Waals surface area contributed by atoms with E-state index in [0.717, 1.165) is 27.1 Å². The summed E-state index contributed by atoms with van der Waals surface area (Å²) in [6.45, 7) is 4.36. The zero-order chi connectivity index (χ0) is 18.8. The van der Waals surface area contributed by atoms with Crippen LogP contribution in [0.15, 0.2) is 48.5 Å². The maximum Gasteiger partial charge on any atom is 0.255 e. The van der Waals surface area contributed by atoms with Gasteiger partial charge in [-0.15, -0.1) is 10.2 Å². The molecular weight excluding hydrogens is 362 g/mol. The third kappa shape index (κ3) is 3.39. The van der Waals surface area contributed by atoms with Gasteiger partial charge in [0.15, 0.2) is 5.82 Å². The number of carbonyl (C=O) groups excluding carboxylic acids is 1. The number of aryl methyl sites for hydroxylation is 1. The van der Waals surface area contributed by atoms with Crippen LogP contribution in [0.5, 0.6) is 5.75 Å². The summed E-state index contributed by atoms with van der Waals surface area (Å²) in [5, 5.41) is 16.4. The van der Waals surface area contributed by atoms with Gasteiger partial charge in [-0.05, 0) is 50.2 Å². The van der Waals surface area contributed by atoms with Crippen molar-refractivity contribution in [1.29, 1.82) is 0 Å². The van der Waals surface area contributed by atoms with E-state index < -0.39 is 0 Å². The summed E-state index contributed by atoms with van der Waals surface area (Å²) in [7, 11) is 0. The van der Waals surface area contributed by atoms with Gasteiger partial charge in [0, 0.05) is 11.1 Å². The zero-order valence-electron chi connectivity index (χ0n) is 14.8. The number of benzene rings is 2. The van der Waals surface area contributed by atoms with Crippen molar-refractivity contribution in [3.8, 4) is 16.3 Å². The smallest absolute Gasteiger partial charge is 0.255 e. The van der Waals surface area contributed by atoms with E-state index in [1.165, 1.54) is 11.3 Å². The predicted molar refractivity (Wildman–Crippen MR) is 104 cm³/mol. The van der Waals surface area contributed by atoms with Gasteiger partial charge in [-0.2, -0.15) is 9.61 Å². The van der Waals surface area contributed by atoms with Crippen molar-refractivity contribution in [3.63, 3.8) is 0 Å². The Morgan fingerprint density at radius 3 is 2.67 bits per heavy atom. The van der Waals surface area contributed by atoms with Crippen molar-refractivity contribution in [2.24, 2.45) is 0 Å². The molecule has 0 spiro atoms. The van der Waals surface area contributed by atoms with E-state index >= 15 is 0 Å². The first kappa shape index (κ1) is 17.2. The Labute approximate surface area is 159 Å². The van der Waals surface area contributed by atoms with Crippen molar-refractivity contribution in [3.05, 3.63) is 59.9 Å². The lowest BCUT2D eigenvalue weighted by molar-refractivity contribution is 0.102. The van der Waals surface area contributed by atoms with Gasteiger partial charge in [-0.25, -0.2) is 0 Å². The number of hydrogen-bond donors (Lipinski definition) is 1. The third-order valence-corrected chi connectivity index (χ3v) is 4.91. The van der Waals surface area contributed by atoms with E-state index in [2.05, 4.69) is 20.6 Å². The van der Waals surface area contributed by atoms with Gasteiger partial charge in [0.2, 0.25) is 4.96 Å². The van der Waals surface area contributed by atoms with Crippen LogP contribution < -0.4 is 10.1 Å². The van der Waals surface area contributed by atoms with Gasteiger partial charge in [-0.3, -0.25) is 4.79 Å². The zero-order valence-corrected chi connectivity index (χ0v) is 15.7. The Kier molecular flexibility index (Phi) is 4.55. The second-order valence-corrected chi connectivity index (χ2v) is 6.76. The number of ether oxygens (including phenoxy) is 1. The molecule has 2 aromatic heterocycles. The van der Waals surface area contributed by atoms with Crippen LogP contribution in [0.4, 0.5) is 5.69 Å². The number of fused-ring (bicyclic) bond motifs is 1. The Morgan fingerprint density at radius 2 is 1.93 bits per heavy atom. The molecule has 1 amide bonds. The molecule has 2 aromatic carbocycles. The lowest BCUT2D eigenvalue weighted by Gasteiger charge is -2.10. The monoisotopic (exact) mass is 379 g/mol. The van der Waals surface area contributed by atoms with E-state index in [1.807, 2.05) is 38.1 Å². The number of hydrogen-bond acceptors (Lipinski definition) is 6. The topological polar surface area (TPSA) is 81.4 Å². The Balaban J connectivity index is 1.61. The Hall–Kier alpha value is -3.26. The molecule has 0 unspecified atom stereocenters. The van der Waals surface area contributed by atoms with Gasteiger partial charge in [0.1, 0.15) is 10.8 Å². The highest BCUT2D eigenvalue weighted by Crippen LogP contribution is 2.31. The van der Waals surface area contributed by atoms with Crippen molar-refractivity contribution in [1.82, 2.24) is 19.8 Å². The number of nitrogens with one attached hydrogen (secondary N) is 1. The van der Waals surface area contributed by atoms with Crippen molar-refractivity contribution in [2.45, 2.75) is 13.8 Å². The van der Waals surface area contributed by atoms with Crippen LogP contribution in [0.25, 0.3) is 15.5 Å². The molecule has 7 nitrogen and oxygen atoms in total. The normalized spacial score (nSPS) is 10.9. The van der Waals surface area contributed by atoms with Crippen LogP contribution in [0.3, 0.4) is 0 Å². The minimum Gasteiger partial charge on any atom is -0.494 e. The molecule has 0 aliphatic rings. The van der Waals surface area contributed by atoms with Crippen molar-refractivity contribution < 1.29 is 9.53 Å². The fraction of sp³-hybridized carbons (Fsp3) is 0.158. The van der Waals surface area contributed by atoms with Crippen LogP contribution in [0.2, 0.25) is 0 Å². The molecule has 8 heteroatoms. The summed E-state index contributed by atoms with van der Waals surface area (Å²) in [5.41, 5.74) is 2.09. The summed E-state index contributed by atoms with van der Waals surface area (Å²) in [4.78, 5) is 13.4. The molecule has 0 radical (unpaired) electrons. The quantitative estimate of drug-likeness (QED) is 0.570. The van der Waals surface area contributed by atoms with E-state index in [0.29, 0.717) is 17.9 Å². The highest BCUT2D eigenvalue weighted by atomic mass is 32.1. The Bertz CT molecular complexity index is 1100. The number of carbonyl (C=O) groups is 1. The fourth-order valence-electron chi connectivity index (χ4n) is 2.67. The largest absolute Gasteiger partial charge is 0.494 e. The summed E-state index contributed by atoms with van der Waals surface area (Å²) in [6.07, 6.45) is 0. The van der Waals surface area contributed by atoms with Crippen LogP contribution in [-0.2, 0) is 0 Å². The minimum absolute atomic E-state index is 0.190. The second kappa shape index (κ2) is 7.16. The first-order valence-electron chi connectivity index (χ1n) is 8.48. The molecule has 0 saturated heterocycles. The Morgan fingerprint density at radius 1 is 1.15 bits per heavy atom. The molecular formula is C19H17N5O2S. The number of anilines is 1. The van der Waals surface area contributed by atoms with E-state index in [4.69, 9.17) is 4.74 Å². The second-order valence-electron chi connectivity index (χ2n) is 5.81. The highest BCUT2D eigenvalue weighted by Gasteiger charge is 2.15. The van der Waals surface area contributed by atoms with Gasteiger partial charge in [0.05, 0.1) is 12.3 Å². The predicted octanol–water partition coefficient (Wildman–Crippen LogP) is 3.81. The number of rotatable bonds is 5. The lowest BCUT2D eigenvalue weighted by atomic mass is 10.1. The maximum absolute atomic E-state index is 12.6. The molecule has 4 rings (SSSR count). The lowest BCUT2D eigenvalue weighted by Crippen LogP contribution is -2.12. The first-order valence-corrected chi connectivity index (χ1v) is 9.30. The number of amides is 1. The molecule has 0 aliphatic carbocycles. The van der Waals surface area contributed by atoms with Gasteiger partial charge < -0.3 is 10.1 Å². The standard InChI is InChI=1S/C19H17N5O2S/c1-3-26-14-10-8-13(9-11-14)17(25)20-16-7-5-4-6-15(16)18-23-24-12(2)21-22-19(24)27-18/h4-11H,3H2,1-2H3,(H,20,25). The molecule has 0 bridgehead atoms. The van der Waals surface area contributed by atoms with Crippen molar-refractivity contribution >= 4 is 27.9 Å². The first-order chi connectivity index (χ1) is 13.2. The van der Waals surface area contributed by atoms with Crippen LogP contribution >= 0.6 is 11.3 Å². The molecule has 2 heterocycles. The summed E-state index contributed by atoms with van der Waals surface area (Å²) in [5.74, 6) is 1.28. The van der Waals surface area contributed by atoms with E-state index in [-0.39, 0.29) is 5.91 Å². The van der Waals surface area contributed by atoms with E-state index in [9.17, 15) is 4.79 Å². The summed E-state index contributed by atoms with van der Waals surface area (Å²) >= 11 is 1.43. The summed E-state index contributed by atoms with van der Waals surface area (Å²) < 4.78 is 7.11. The number of aromatic nitrogens is 4. The van der Waals surface area contributed by atoms with Gasteiger partial charge in [0.25, 0.3) is 5.91 Å². The molecule has 136 valence electrons. The summed E-state index contributed by atoms with van der Waals surface area (Å²) in [6, 6.07) is 14.6. The molecule has 0 atom stereocenters. The number of para-hydroxylation sites is 1.